The summed E-state index contributed by atoms with van der Waals surface area (Å²) in [6, 6.07) is 1.58. The molecule has 0 heterocycles. The van der Waals surface area contributed by atoms with Gasteiger partial charge in [0.15, 0.2) is 0 Å². The van der Waals surface area contributed by atoms with Crippen LogP contribution in [0.25, 0.3) is 0 Å². The molecule has 0 aromatic heterocycles. The van der Waals surface area contributed by atoms with Gasteiger partial charge < -0.3 is 5.32 Å². The maximum Gasteiger partial charge on any atom is 0.0177 e. The molecule has 0 aliphatic heterocycles. The van der Waals surface area contributed by atoms with Crippen LogP contribution in [-0.2, 0) is 0 Å². The predicted octanol–water partition coefficient (Wildman–Crippen LogP) is 4.23. The van der Waals surface area contributed by atoms with Crippen molar-refractivity contribution in [3.8, 4) is 0 Å². The molecule has 0 amide bonds. The van der Waals surface area contributed by atoms with Crippen LogP contribution in [0.3, 0.4) is 0 Å². The van der Waals surface area contributed by atoms with E-state index in [4.69, 9.17) is 0 Å². The maximum atomic E-state index is 4.06. The average Bonchev–Trinajstić information content (AvgIpc) is 2.65. The predicted molar refractivity (Wildman–Crippen MR) is 77.5 cm³/mol. The summed E-state index contributed by atoms with van der Waals surface area (Å²) >= 11 is 0. The van der Waals surface area contributed by atoms with Crippen LogP contribution in [0, 0.1) is 28.6 Å². The highest BCUT2D eigenvalue weighted by Crippen LogP contribution is 2.62. The van der Waals surface area contributed by atoms with Gasteiger partial charge in [0.25, 0.3) is 0 Å². The molecule has 104 valence electrons. The zero-order valence-electron chi connectivity index (χ0n) is 12.9. The number of nitrogens with one attached hydrogen (secondary N) is 1. The third-order valence-corrected chi connectivity index (χ3v) is 6.79. The van der Waals surface area contributed by atoms with Crippen molar-refractivity contribution in [2.45, 2.75) is 78.8 Å². The van der Waals surface area contributed by atoms with E-state index in [1.54, 1.807) is 0 Å². The minimum atomic E-state index is 0.524. The van der Waals surface area contributed by atoms with E-state index >= 15 is 0 Å². The standard InChI is InChI=1S/C17H31N/c1-11(2)12-8-14(9-12)18-15-16(3,4)13-6-7-17(15,5)10-13/h11-15,18H,6-10H2,1-5H3. The van der Waals surface area contributed by atoms with Crippen LogP contribution in [0.5, 0.6) is 0 Å². The van der Waals surface area contributed by atoms with E-state index in [-0.39, 0.29) is 0 Å². The van der Waals surface area contributed by atoms with Crippen molar-refractivity contribution in [3.05, 3.63) is 0 Å². The lowest BCUT2D eigenvalue weighted by Gasteiger charge is -2.49. The Morgan fingerprint density at radius 2 is 1.78 bits per heavy atom. The van der Waals surface area contributed by atoms with Crippen LogP contribution in [0.2, 0.25) is 0 Å². The minimum Gasteiger partial charge on any atom is -0.310 e. The van der Waals surface area contributed by atoms with Crippen LogP contribution in [0.15, 0.2) is 0 Å². The summed E-state index contributed by atoms with van der Waals surface area (Å²) in [6.45, 7) is 12.3. The first-order valence-corrected chi connectivity index (χ1v) is 8.09. The second kappa shape index (κ2) is 3.98. The Kier molecular flexibility index (Phi) is 2.86. The summed E-state index contributed by atoms with van der Waals surface area (Å²) in [5.41, 5.74) is 1.12. The van der Waals surface area contributed by atoms with E-state index < -0.39 is 0 Å². The molecule has 3 fully saturated rings. The van der Waals surface area contributed by atoms with Crippen molar-refractivity contribution < 1.29 is 0 Å². The summed E-state index contributed by atoms with van der Waals surface area (Å²) in [6.07, 6.45) is 7.24. The van der Waals surface area contributed by atoms with Gasteiger partial charge in [-0.3, -0.25) is 0 Å². The fourth-order valence-electron chi connectivity index (χ4n) is 5.30. The fourth-order valence-corrected chi connectivity index (χ4v) is 5.30. The molecular formula is C17H31N. The summed E-state index contributed by atoms with van der Waals surface area (Å²) in [5.74, 6) is 2.84. The number of rotatable bonds is 3. The van der Waals surface area contributed by atoms with Gasteiger partial charge in [-0.15, -0.1) is 0 Å². The van der Waals surface area contributed by atoms with Gasteiger partial charge in [-0.05, 0) is 60.7 Å². The summed E-state index contributed by atoms with van der Waals surface area (Å²) in [4.78, 5) is 0. The van der Waals surface area contributed by atoms with Crippen molar-refractivity contribution in [1.82, 2.24) is 5.32 Å². The van der Waals surface area contributed by atoms with Gasteiger partial charge in [0.05, 0.1) is 0 Å². The van der Waals surface area contributed by atoms with Gasteiger partial charge in [-0.1, -0.05) is 34.6 Å². The molecule has 1 nitrogen and oxygen atoms in total. The lowest BCUT2D eigenvalue weighted by molar-refractivity contribution is 0.0631. The molecule has 3 aliphatic carbocycles. The Balaban J connectivity index is 1.63. The molecule has 3 saturated carbocycles. The zero-order valence-corrected chi connectivity index (χ0v) is 12.9. The molecular weight excluding hydrogens is 218 g/mol. The fraction of sp³-hybridized carbons (Fsp3) is 1.00. The first kappa shape index (κ1) is 13.0. The molecule has 0 aromatic rings. The second-order valence-corrected chi connectivity index (χ2v) is 8.69. The van der Waals surface area contributed by atoms with Crippen LogP contribution in [0.4, 0.5) is 0 Å². The zero-order chi connectivity index (χ0) is 13.1. The molecule has 2 bridgehead atoms. The maximum absolute atomic E-state index is 4.06. The first-order chi connectivity index (χ1) is 8.33. The Bertz CT molecular complexity index is 322. The van der Waals surface area contributed by atoms with Crippen molar-refractivity contribution in [3.63, 3.8) is 0 Å². The van der Waals surface area contributed by atoms with Crippen LogP contribution in [0.1, 0.15) is 66.7 Å². The smallest absolute Gasteiger partial charge is 0.0177 e. The van der Waals surface area contributed by atoms with Gasteiger partial charge in [0, 0.05) is 12.1 Å². The lowest BCUT2D eigenvalue weighted by Crippen LogP contribution is -2.57. The van der Waals surface area contributed by atoms with Crippen LogP contribution in [-0.4, -0.2) is 12.1 Å². The van der Waals surface area contributed by atoms with Gasteiger partial charge in [0.1, 0.15) is 0 Å². The lowest BCUT2D eigenvalue weighted by atomic mass is 9.66. The SMILES string of the molecule is CC(C)C1CC(NC2C3(C)CCC(C3)C2(C)C)C1. The molecule has 3 aliphatic rings. The van der Waals surface area contributed by atoms with E-state index in [1.165, 1.54) is 32.1 Å². The number of fused-ring (bicyclic) bond motifs is 2. The van der Waals surface area contributed by atoms with E-state index in [0.29, 0.717) is 10.8 Å². The second-order valence-electron chi connectivity index (χ2n) is 8.69. The molecule has 3 unspecified atom stereocenters. The van der Waals surface area contributed by atoms with Gasteiger partial charge >= 0.3 is 0 Å². The van der Waals surface area contributed by atoms with Gasteiger partial charge in [-0.2, -0.15) is 0 Å². The summed E-state index contributed by atoms with van der Waals surface area (Å²) < 4.78 is 0. The van der Waals surface area contributed by atoms with E-state index in [0.717, 1.165) is 29.8 Å². The van der Waals surface area contributed by atoms with Crippen LogP contribution < -0.4 is 5.32 Å². The summed E-state index contributed by atoms with van der Waals surface area (Å²) in [5, 5.41) is 4.06. The Labute approximate surface area is 113 Å². The van der Waals surface area contributed by atoms with Crippen molar-refractivity contribution in [1.29, 1.82) is 0 Å². The Hall–Kier alpha value is -0.0400. The molecule has 18 heavy (non-hydrogen) atoms. The molecule has 0 spiro atoms. The average molecular weight is 249 g/mol. The molecule has 3 atom stereocenters. The van der Waals surface area contributed by atoms with E-state index in [9.17, 15) is 0 Å². The Morgan fingerprint density at radius 3 is 2.28 bits per heavy atom. The number of hydrogen-bond donors (Lipinski definition) is 1. The van der Waals surface area contributed by atoms with Crippen molar-refractivity contribution in [2.75, 3.05) is 0 Å². The molecule has 1 N–H and O–H groups in total. The largest absolute Gasteiger partial charge is 0.310 e. The van der Waals surface area contributed by atoms with Crippen LogP contribution >= 0.6 is 0 Å². The number of hydrogen-bond acceptors (Lipinski definition) is 1. The Morgan fingerprint density at radius 1 is 1.11 bits per heavy atom. The third kappa shape index (κ3) is 1.77. The topological polar surface area (TPSA) is 12.0 Å². The molecule has 1 heteroatoms. The van der Waals surface area contributed by atoms with Gasteiger partial charge in [0.2, 0.25) is 0 Å². The molecule has 0 aromatic carbocycles. The van der Waals surface area contributed by atoms with Crippen molar-refractivity contribution >= 4 is 0 Å². The normalized spacial score (nSPS) is 49.7. The van der Waals surface area contributed by atoms with Crippen molar-refractivity contribution in [2.24, 2.45) is 28.6 Å². The highest BCUT2D eigenvalue weighted by Gasteiger charge is 2.59. The van der Waals surface area contributed by atoms with E-state index in [1.807, 2.05) is 0 Å². The monoisotopic (exact) mass is 249 g/mol. The highest BCUT2D eigenvalue weighted by molar-refractivity contribution is 5.13. The third-order valence-electron chi connectivity index (χ3n) is 6.79. The minimum absolute atomic E-state index is 0.524. The highest BCUT2D eigenvalue weighted by atomic mass is 15.0. The quantitative estimate of drug-likeness (QED) is 0.789. The molecule has 0 saturated heterocycles. The summed E-state index contributed by atoms with van der Waals surface area (Å²) in [7, 11) is 0. The van der Waals surface area contributed by atoms with Gasteiger partial charge in [-0.25, -0.2) is 0 Å². The molecule has 0 radical (unpaired) electrons. The van der Waals surface area contributed by atoms with E-state index in [2.05, 4.69) is 39.9 Å². The molecule has 3 rings (SSSR count). The first-order valence-electron chi connectivity index (χ1n) is 8.09.